The highest BCUT2D eigenvalue weighted by Gasteiger charge is 2.19. The van der Waals surface area contributed by atoms with E-state index in [1.54, 1.807) is 0 Å². The molecule has 1 fully saturated rings. The van der Waals surface area contributed by atoms with Crippen LogP contribution >= 0.6 is 0 Å². The number of aryl methyl sites for hydroxylation is 1. The molecule has 0 bridgehead atoms. The van der Waals surface area contributed by atoms with Gasteiger partial charge in [-0.05, 0) is 56.0 Å². The lowest BCUT2D eigenvalue weighted by Crippen LogP contribution is -2.28. The first kappa shape index (κ1) is 12.4. The van der Waals surface area contributed by atoms with Crippen LogP contribution in [0.25, 0.3) is 0 Å². The minimum Gasteiger partial charge on any atom is -0.372 e. The van der Waals surface area contributed by atoms with Crippen molar-refractivity contribution in [3.63, 3.8) is 0 Å². The van der Waals surface area contributed by atoms with Gasteiger partial charge in [0.25, 0.3) is 0 Å². The molecule has 1 aromatic carbocycles. The minimum absolute atomic E-state index is 0.735. The molecule has 0 aromatic heterocycles. The van der Waals surface area contributed by atoms with Crippen LogP contribution in [0.4, 0.5) is 5.69 Å². The zero-order valence-corrected chi connectivity index (χ0v) is 11.1. The van der Waals surface area contributed by atoms with Gasteiger partial charge in [-0.25, -0.2) is 0 Å². The molecule has 94 valence electrons. The van der Waals surface area contributed by atoms with E-state index in [9.17, 15) is 0 Å². The number of nitrogens with two attached hydrogens (primary N) is 1. The maximum absolute atomic E-state index is 5.62. The molecule has 0 aliphatic heterocycles. The molecule has 0 heterocycles. The lowest BCUT2D eigenvalue weighted by molar-refractivity contribution is 0.653. The van der Waals surface area contributed by atoms with Gasteiger partial charge in [0, 0.05) is 18.8 Å². The topological polar surface area (TPSA) is 29.3 Å². The van der Waals surface area contributed by atoms with Crippen LogP contribution in [-0.4, -0.2) is 19.6 Å². The van der Waals surface area contributed by atoms with Gasteiger partial charge in [0.05, 0.1) is 0 Å². The van der Waals surface area contributed by atoms with Gasteiger partial charge in [-0.1, -0.05) is 18.9 Å². The molecule has 0 atom stereocenters. The predicted molar refractivity (Wildman–Crippen MR) is 74.6 cm³/mol. The molecule has 0 unspecified atom stereocenters. The third-order valence-electron chi connectivity index (χ3n) is 4.02. The number of anilines is 1. The molecule has 1 saturated carbocycles. The molecule has 1 aliphatic rings. The fourth-order valence-electron chi connectivity index (χ4n) is 2.84. The summed E-state index contributed by atoms with van der Waals surface area (Å²) in [5.74, 6) is 0. The Balaban J connectivity index is 2.12. The quantitative estimate of drug-likeness (QED) is 0.865. The van der Waals surface area contributed by atoms with Crippen LogP contribution in [0, 0.1) is 6.92 Å². The van der Waals surface area contributed by atoms with Crippen molar-refractivity contribution < 1.29 is 0 Å². The van der Waals surface area contributed by atoms with Crippen molar-refractivity contribution >= 4 is 5.69 Å². The molecule has 2 rings (SSSR count). The van der Waals surface area contributed by atoms with E-state index in [4.69, 9.17) is 5.73 Å². The first-order valence-electron chi connectivity index (χ1n) is 6.75. The third kappa shape index (κ3) is 2.81. The van der Waals surface area contributed by atoms with Crippen LogP contribution < -0.4 is 10.6 Å². The summed E-state index contributed by atoms with van der Waals surface area (Å²) in [7, 11) is 2.23. The smallest absolute Gasteiger partial charge is 0.0368 e. The number of hydrogen-bond acceptors (Lipinski definition) is 2. The molecular weight excluding hydrogens is 208 g/mol. The second kappa shape index (κ2) is 5.54. The van der Waals surface area contributed by atoms with E-state index in [0.717, 1.165) is 19.0 Å². The van der Waals surface area contributed by atoms with Crippen LogP contribution in [0.2, 0.25) is 0 Å². The molecule has 0 radical (unpaired) electrons. The maximum atomic E-state index is 5.62. The summed E-state index contributed by atoms with van der Waals surface area (Å²) in [6, 6.07) is 7.54. The molecule has 17 heavy (non-hydrogen) atoms. The van der Waals surface area contributed by atoms with E-state index in [1.165, 1.54) is 42.5 Å². The lowest BCUT2D eigenvalue weighted by Gasteiger charge is -2.27. The van der Waals surface area contributed by atoms with Crippen molar-refractivity contribution in [3.05, 3.63) is 29.3 Å². The summed E-state index contributed by atoms with van der Waals surface area (Å²) in [5.41, 5.74) is 9.73. The Labute approximate surface area is 105 Å². The van der Waals surface area contributed by atoms with Gasteiger partial charge < -0.3 is 10.6 Å². The van der Waals surface area contributed by atoms with Gasteiger partial charge in [-0.15, -0.1) is 0 Å². The Morgan fingerprint density at radius 1 is 1.29 bits per heavy atom. The highest BCUT2D eigenvalue weighted by Crippen LogP contribution is 2.28. The van der Waals surface area contributed by atoms with E-state index >= 15 is 0 Å². The maximum Gasteiger partial charge on any atom is 0.0368 e. The zero-order chi connectivity index (χ0) is 12.3. The summed E-state index contributed by atoms with van der Waals surface area (Å²) in [4.78, 5) is 2.45. The van der Waals surface area contributed by atoms with E-state index in [1.807, 2.05) is 0 Å². The standard InChI is InChI=1S/C15H24N2/c1-12-11-15(8-7-13(12)9-10-16)17(2)14-5-3-4-6-14/h7-8,11,14H,3-6,9-10,16H2,1-2H3. The van der Waals surface area contributed by atoms with E-state index in [-0.39, 0.29) is 0 Å². The highest BCUT2D eigenvalue weighted by atomic mass is 15.1. The monoisotopic (exact) mass is 232 g/mol. The minimum atomic E-state index is 0.735. The van der Waals surface area contributed by atoms with E-state index in [0.29, 0.717) is 0 Å². The van der Waals surface area contributed by atoms with Crippen LogP contribution in [-0.2, 0) is 6.42 Å². The average Bonchev–Trinajstić information content (AvgIpc) is 2.84. The van der Waals surface area contributed by atoms with Gasteiger partial charge in [0.1, 0.15) is 0 Å². The summed E-state index contributed by atoms with van der Waals surface area (Å²) >= 11 is 0. The molecule has 0 saturated heterocycles. The van der Waals surface area contributed by atoms with Crippen LogP contribution in [0.3, 0.4) is 0 Å². The largest absolute Gasteiger partial charge is 0.372 e. The van der Waals surface area contributed by atoms with Crippen molar-refractivity contribution in [2.24, 2.45) is 5.73 Å². The SMILES string of the molecule is Cc1cc(N(C)C2CCCC2)ccc1CCN. The fraction of sp³-hybridized carbons (Fsp3) is 0.600. The summed E-state index contributed by atoms with van der Waals surface area (Å²) in [6.07, 6.45) is 6.46. The molecule has 2 N–H and O–H groups in total. The fourth-order valence-corrected chi connectivity index (χ4v) is 2.84. The molecule has 2 nitrogen and oxygen atoms in total. The van der Waals surface area contributed by atoms with Crippen molar-refractivity contribution in [1.29, 1.82) is 0 Å². The number of rotatable bonds is 4. The first-order chi connectivity index (χ1) is 8.22. The molecule has 0 amide bonds. The molecule has 2 heteroatoms. The summed E-state index contributed by atoms with van der Waals surface area (Å²) in [5, 5.41) is 0. The predicted octanol–water partition coefficient (Wildman–Crippen LogP) is 2.88. The van der Waals surface area contributed by atoms with Crippen LogP contribution in [0.1, 0.15) is 36.8 Å². The van der Waals surface area contributed by atoms with Gasteiger partial charge in [0.15, 0.2) is 0 Å². The Hall–Kier alpha value is -1.02. The van der Waals surface area contributed by atoms with Gasteiger partial charge in [-0.3, -0.25) is 0 Å². The normalized spacial score (nSPS) is 16.4. The van der Waals surface area contributed by atoms with E-state index < -0.39 is 0 Å². The van der Waals surface area contributed by atoms with Crippen LogP contribution in [0.15, 0.2) is 18.2 Å². The Morgan fingerprint density at radius 2 is 2.00 bits per heavy atom. The van der Waals surface area contributed by atoms with Crippen molar-refractivity contribution in [3.8, 4) is 0 Å². The highest BCUT2D eigenvalue weighted by molar-refractivity contribution is 5.51. The molecule has 1 aliphatic carbocycles. The van der Waals surface area contributed by atoms with Gasteiger partial charge in [-0.2, -0.15) is 0 Å². The van der Waals surface area contributed by atoms with E-state index in [2.05, 4.69) is 37.1 Å². The van der Waals surface area contributed by atoms with Crippen molar-refractivity contribution in [1.82, 2.24) is 0 Å². The lowest BCUT2D eigenvalue weighted by atomic mass is 10.0. The second-order valence-electron chi connectivity index (χ2n) is 5.20. The van der Waals surface area contributed by atoms with Crippen molar-refractivity contribution in [2.75, 3.05) is 18.5 Å². The van der Waals surface area contributed by atoms with Gasteiger partial charge in [0.2, 0.25) is 0 Å². The number of benzene rings is 1. The average molecular weight is 232 g/mol. The molecule has 1 aromatic rings. The Morgan fingerprint density at radius 3 is 2.59 bits per heavy atom. The second-order valence-corrected chi connectivity index (χ2v) is 5.20. The summed E-state index contributed by atoms with van der Waals surface area (Å²) < 4.78 is 0. The summed E-state index contributed by atoms with van der Waals surface area (Å²) in [6.45, 7) is 2.93. The van der Waals surface area contributed by atoms with Crippen molar-refractivity contribution in [2.45, 2.75) is 45.1 Å². The molecular formula is C15H24N2. The van der Waals surface area contributed by atoms with Gasteiger partial charge >= 0.3 is 0 Å². The van der Waals surface area contributed by atoms with Crippen LogP contribution in [0.5, 0.6) is 0 Å². The number of nitrogens with zero attached hydrogens (tertiary/aromatic N) is 1. The third-order valence-corrected chi connectivity index (χ3v) is 4.02. The molecule has 0 spiro atoms. The first-order valence-corrected chi connectivity index (χ1v) is 6.75. The Kier molecular flexibility index (Phi) is 4.06. The Bertz CT molecular complexity index is 367. The zero-order valence-electron chi connectivity index (χ0n) is 11.1. The number of hydrogen-bond donors (Lipinski definition) is 1.